The van der Waals surface area contributed by atoms with Crippen molar-refractivity contribution < 1.29 is 17.9 Å². The second kappa shape index (κ2) is 7.86. The maximum absolute atomic E-state index is 12.5. The Morgan fingerprint density at radius 1 is 1.28 bits per heavy atom. The minimum atomic E-state index is -3.75. The van der Waals surface area contributed by atoms with Gasteiger partial charge in [0.2, 0.25) is 0 Å². The van der Waals surface area contributed by atoms with E-state index in [4.69, 9.17) is 4.74 Å². The van der Waals surface area contributed by atoms with Gasteiger partial charge in [-0.05, 0) is 53.0 Å². The van der Waals surface area contributed by atoms with Crippen molar-refractivity contribution in [2.24, 2.45) is 0 Å². The summed E-state index contributed by atoms with van der Waals surface area (Å²) in [5.74, 6) is -0.332. The van der Waals surface area contributed by atoms with Gasteiger partial charge in [-0.15, -0.1) is 11.3 Å². The number of rotatable bonds is 6. The van der Waals surface area contributed by atoms with Crippen LogP contribution in [-0.4, -0.2) is 33.6 Å². The van der Waals surface area contributed by atoms with Crippen molar-refractivity contribution in [1.82, 2.24) is 5.32 Å². The molecular formula is C16H17BrN2O4S2. The van der Waals surface area contributed by atoms with Gasteiger partial charge in [0, 0.05) is 13.2 Å². The summed E-state index contributed by atoms with van der Waals surface area (Å²) in [7, 11) is -3.75. The van der Waals surface area contributed by atoms with Crippen molar-refractivity contribution in [3.63, 3.8) is 0 Å². The Bertz CT molecular complexity index is 861. The summed E-state index contributed by atoms with van der Waals surface area (Å²) in [6.45, 7) is 1.13. The number of anilines is 1. The van der Waals surface area contributed by atoms with Crippen molar-refractivity contribution in [1.29, 1.82) is 0 Å². The minimum Gasteiger partial charge on any atom is -0.376 e. The molecule has 2 N–H and O–H groups in total. The van der Waals surface area contributed by atoms with Crippen LogP contribution in [-0.2, 0) is 14.8 Å². The first-order valence-corrected chi connectivity index (χ1v) is 10.8. The molecule has 134 valence electrons. The molecule has 2 aromatic rings. The summed E-state index contributed by atoms with van der Waals surface area (Å²) < 4.78 is 33.8. The number of amides is 1. The van der Waals surface area contributed by atoms with Crippen molar-refractivity contribution in [2.75, 3.05) is 17.9 Å². The van der Waals surface area contributed by atoms with Crippen molar-refractivity contribution >= 4 is 48.9 Å². The molecule has 3 rings (SSSR count). The smallest absolute Gasteiger partial charge is 0.271 e. The zero-order chi connectivity index (χ0) is 17.9. The maximum atomic E-state index is 12.5. The van der Waals surface area contributed by atoms with Crippen LogP contribution in [0.15, 0.2) is 44.4 Å². The second-order valence-electron chi connectivity index (χ2n) is 5.55. The Kier molecular flexibility index (Phi) is 5.78. The number of para-hydroxylation sites is 1. The van der Waals surface area contributed by atoms with E-state index >= 15 is 0 Å². The molecule has 1 aromatic heterocycles. The molecule has 0 bridgehead atoms. The van der Waals surface area contributed by atoms with E-state index in [0.717, 1.165) is 28.0 Å². The van der Waals surface area contributed by atoms with Crippen LogP contribution in [0.5, 0.6) is 0 Å². The third-order valence-electron chi connectivity index (χ3n) is 3.74. The number of carbonyl (C=O) groups is 1. The number of hydrogen-bond donors (Lipinski definition) is 2. The standard InChI is InChI=1S/C16H17BrN2O4S2/c17-14-7-8-15(24-14)25(21,22)19-13-6-2-1-5-12(13)16(20)18-10-11-4-3-9-23-11/h1-2,5-8,11,19H,3-4,9-10H2,(H,18,20)/t11-/m0/s1. The fraction of sp³-hybridized carbons (Fsp3) is 0.312. The first-order valence-electron chi connectivity index (χ1n) is 7.73. The molecule has 1 aromatic carbocycles. The van der Waals surface area contributed by atoms with Crippen molar-refractivity contribution in [3.05, 3.63) is 45.7 Å². The molecule has 2 heterocycles. The van der Waals surface area contributed by atoms with Gasteiger partial charge in [-0.25, -0.2) is 8.42 Å². The lowest BCUT2D eigenvalue weighted by atomic mass is 10.1. The number of thiophene rings is 1. The Labute approximate surface area is 158 Å². The number of benzene rings is 1. The Hall–Kier alpha value is -1.42. The van der Waals surface area contributed by atoms with Crippen LogP contribution >= 0.6 is 27.3 Å². The molecule has 9 heteroatoms. The van der Waals surface area contributed by atoms with Crippen LogP contribution in [0, 0.1) is 0 Å². The number of halogens is 1. The van der Waals surface area contributed by atoms with Crippen LogP contribution in [0.2, 0.25) is 0 Å². The summed E-state index contributed by atoms with van der Waals surface area (Å²) in [4.78, 5) is 12.4. The summed E-state index contributed by atoms with van der Waals surface area (Å²) >= 11 is 4.36. The summed E-state index contributed by atoms with van der Waals surface area (Å²) in [6, 6.07) is 9.71. The predicted octanol–water partition coefficient (Wildman–Crippen LogP) is 3.22. The highest BCUT2D eigenvalue weighted by molar-refractivity contribution is 9.11. The Morgan fingerprint density at radius 3 is 2.76 bits per heavy atom. The number of carbonyl (C=O) groups excluding carboxylic acids is 1. The second-order valence-corrected chi connectivity index (χ2v) is 9.93. The van der Waals surface area contributed by atoms with E-state index in [9.17, 15) is 13.2 Å². The predicted molar refractivity (Wildman–Crippen MR) is 101 cm³/mol. The minimum absolute atomic E-state index is 0.0243. The highest BCUT2D eigenvalue weighted by Crippen LogP contribution is 2.28. The Morgan fingerprint density at radius 2 is 2.08 bits per heavy atom. The van der Waals surface area contributed by atoms with Crippen LogP contribution in [0.4, 0.5) is 5.69 Å². The molecule has 1 aliphatic rings. The molecule has 0 aliphatic carbocycles. The molecule has 0 radical (unpaired) electrons. The fourth-order valence-corrected chi connectivity index (χ4v) is 5.60. The average Bonchev–Trinajstić information content (AvgIpc) is 3.24. The van der Waals surface area contributed by atoms with Crippen LogP contribution in [0.1, 0.15) is 23.2 Å². The van der Waals surface area contributed by atoms with Gasteiger partial charge in [-0.3, -0.25) is 9.52 Å². The van der Waals surface area contributed by atoms with E-state index in [1.807, 2.05) is 0 Å². The highest BCUT2D eigenvalue weighted by atomic mass is 79.9. The number of sulfonamides is 1. The van der Waals surface area contributed by atoms with E-state index in [0.29, 0.717) is 13.2 Å². The van der Waals surface area contributed by atoms with Gasteiger partial charge in [-0.2, -0.15) is 0 Å². The SMILES string of the molecule is O=C(NC[C@@H]1CCCO1)c1ccccc1NS(=O)(=O)c1ccc(Br)s1. The molecule has 0 unspecified atom stereocenters. The van der Waals surface area contributed by atoms with Crippen molar-refractivity contribution in [2.45, 2.75) is 23.2 Å². The lowest BCUT2D eigenvalue weighted by Gasteiger charge is -2.14. The molecule has 1 saturated heterocycles. The quantitative estimate of drug-likeness (QED) is 0.715. The summed E-state index contributed by atoms with van der Waals surface area (Å²) in [6.07, 6.45) is 1.94. The maximum Gasteiger partial charge on any atom is 0.271 e. The number of ether oxygens (including phenoxy) is 1. The van der Waals surface area contributed by atoms with Crippen LogP contribution < -0.4 is 10.0 Å². The topological polar surface area (TPSA) is 84.5 Å². The molecule has 25 heavy (non-hydrogen) atoms. The Balaban J connectivity index is 1.75. The first-order chi connectivity index (χ1) is 12.0. The normalized spacial score (nSPS) is 17.4. The summed E-state index contributed by atoms with van der Waals surface area (Å²) in [5, 5.41) is 2.81. The van der Waals surface area contributed by atoms with E-state index in [-0.39, 0.29) is 27.5 Å². The van der Waals surface area contributed by atoms with Gasteiger partial charge >= 0.3 is 0 Å². The molecule has 1 aliphatic heterocycles. The van der Waals surface area contributed by atoms with Crippen molar-refractivity contribution in [3.8, 4) is 0 Å². The molecule has 1 amide bonds. The van der Waals surface area contributed by atoms with Gasteiger partial charge in [0.15, 0.2) is 0 Å². The molecule has 0 spiro atoms. The van der Waals surface area contributed by atoms with Gasteiger partial charge in [0.25, 0.3) is 15.9 Å². The zero-order valence-corrected chi connectivity index (χ0v) is 16.4. The van der Waals surface area contributed by atoms with Gasteiger partial charge in [0.05, 0.1) is 21.1 Å². The molecular weight excluding hydrogens is 428 g/mol. The summed E-state index contributed by atoms with van der Waals surface area (Å²) in [5.41, 5.74) is 0.525. The largest absolute Gasteiger partial charge is 0.376 e. The van der Waals surface area contributed by atoms with E-state index in [1.54, 1.807) is 30.3 Å². The zero-order valence-electron chi connectivity index (χ0n) is 13.2. The number of hydrogen-bond acceptors (Lipinski definition) is 5. The monoisotopic (exact) mass is 444 g/mol. The number of nitrogens with one attached hydrogen (secondary N) is 2. The highest BCUT2D eigenvalue weighted by Gasteiger charge is 2.21. The van der Waals surface area contributed by atoms with Crippen LogP contribution in [0.3, 0.4) is 0 Å². The lowest BCUT2D eigenvalue weighted by molar-refractivity contribution is 0.0858. The van der Waals surface area contributed by atoms with E-state index in [2.05, 4.69) is 26.0 Å². The fourth-order valence-electron chi connectivity index (χ4n) is 2.51. The molecule has 1 atom stereocenters. The van der Waals surface area contributed by atoms with Gasteiger partial charge in [-0.1, -0.05) is 12.1 Å². The average molecular weight is 445 g/mol. The van der Waals surface area contributed by atoms with Crippen LogP contribution in [0.25, 0.3) is 0 Å². The van der Waals surface area contributed by atoms with E-state index < -0.39 is 10.0 Å². The molecule has 0 saturated carbocycles. The molecule has 6 nitrogen and oxygen atoms in total. The third-order valence-corrected chi connectivity index (χ3v) is 7.22. The van der Waals surface area contributed by atoms with Gasteiger partial charge in [0.1, 0.15) is 4.21 Å². The first kappa shape index (κ1) is 18.4. The molecule has 1 fully saturated rings. The third kappa shape index (κ3) is 4.60. The van der Waals surface area contributed by atoms with Gasteiger partial charge < -0.3 is 10.1 Å². The van der Waals surface area contributed by atoms with E-state index in [1.165, 1.54) is 6.07 Å². The lowest BCUT2D eigenvalue weighted by Crippen LogP contribution is -2.32.